The van der Waals surface area contributed by atoms with Gasteiger partial charge in [0.2, 0.25) is 0 Å². The van der Waals surface area contributed by atoms with Crippen LogP contribution in [0.25, 0.3) is 0 Å². The van der Waals surface area contributed by atoms with Crippen LogP contribution in [0.4, 0.5) is 0 Å². The third-order valence-electron chi connectivity index (χ3n) is 2.83. The van der Waals surface area contributed by atoms with Gasteiger partial charge < -0.3 is 4.74 Å². The molecule has 1 aromatic heterocycles. The lowest BCUT2D eigenvalue weighted by atomic mass is 10.3. The molecule has 1 N–H and O–H groups in total. The fourth-order valence-corrected chi connectivity index (χ4v) is 3.02. The van der Waals surface area contributed by atoms with Crippen LogP contribution in [0.5, 0.6) is 0 Å². The van der Waals surface area contributed by atoms with Gasteiger partial charge in [0.05, 0.1) is 0 Å². The second-order valence-corrected chi connectivity index (χ2v) is 5.58. The standard InChI is InChI=1S/C11H17N3O3S/c1-3-4-5-14-10(16)12-13-11(14)18-8-6-7(2)17-9(8)15/h7-8H,3-6H2,1-2H3,(H,12,16). The molecule has 0 saturated carbocycles. The van der Waals surface area contributed by atoms with E-state index in [-0.39, 0.29) is 23.0 Å². The maximum Gasteiger partial charge on any atom is 0.343 e. The molecule has 0 radical (unpaired) electrons. The van der Waals surface area contributed by atoms with Gasteiger partial charge in [0.25, 0.3) is 0 Å². The molecule has 1 aliphatic heterocycles. The molecule has 7 heteroatoms. The van der Waals surface area contributed by atoms with E-state index in [1.54, 1.807) is 4.57 Å². The molecule has 1 aromatic rings. The van der Waals surface area contributed by atoms with Crippen molar-refractivity contribution in [1.82, 2.24) is 14.8 Å². The Balaban J connectivity index is 2.09. The number of hydrogen-bond donors (Lipinski definition) is 1. The lowest BCUT2D eigenvalue weighted by Gasteiger charge is -2.06. The van der Waals surface area contributed by atoms with Gasteiger partial charge in [-0.05, 0) is 13.3 Å². The Morgan fingerprint density at radius 1 is 1.56 bits per heavy atom. The molecule has 0 bridgehead atoms. The average molecular weight is 271 g/mol. The van der Waals surface area contributed by atoms with Crippen molar-refractivity contribution in [2.24, 2.45) is 0 Å². The second-order valence-electron chi connectivity index (χ2n) is 4.41. The Labute approximate surface area is 109 Å². The van der Waals surface area contributed by atoms with Gasteiger partial charge in [0, 0.05) is 13.0 Å². The molecule has 1 saturated heterocycles. The quantitative estimate of drug-likeness (QED) is 0.813. The Kier molecular flexibility index (Phi) is 4.11. The van der Waals surface area contributed by atoms with Gasteiger partial charge in [-0.3, -0.25) is 9.36 Å². The van der Waals surface area contributed by atoms with Crippen LogP contribution in [0.3, 0.4) is 0 Å². The molecule has 2 rings (SSSR count). The van der Waals surface area contributed by atoms with Crippen molar-refractivity contribution in [3.63, 3.8) is 0 Å². The van der Waals surface area contributed by atoms with Gasteiger partial charge in [-0.2, -0.15) is 0 Å². The minimum Gasteiger partial charge on any atom is -0.462 e. The zero-order valence-corrected chi connectivity index (χ0v) is 11.3. The molecule has 1 aliphatic rings. The van der Waals surface area contributed by atoms with Gasteiger partial charge >= 0.3 is 11.7 Å². The number of nitrogens with one attached hydrogen (secondary N) is 1. The third-order valence-corrected chi connectivity index (χ3v) is 4.02. The summed E-state index contributed by atoms with van der Waals surface area (Å²) in [5.74, 6) is -0.218. The van der Waals surface area contributed by atoms with Gasteiger partial charge in [-0.1, -0.05) is 25.1 Å². The number of aromatic amines is 1. The number of aromatic nitrogens is 3. The van der Waals surface area contributed by atoms with E-state index >= 15 is 0 Å². The predicted molar refractivity (Wildman–Crippen MR) is 67.6 cm³/mol. The summed E-state index contributed by atoms with van der Waals surface area (Å²) >= 11 is 1.31. The van der Waals surface area contributed by atoms with Crippen LogP contribution in [-0.4, -0.2) is 32.1 Å². The Morgan fingerprint density at radius 3 is 2.94 bits per heavy atom. The normalized spacial score (nSPS) is 23.3. The summed E-state index contributed by atoms with van der Waals surface area (Å²) in [6, 6.07) is 0. The highest BCUT2D eigenvalue weighted by atomic mass is 32.2. The van der Waals surface area contributed by atoms with E-state index in [1.165, 1.54) is 11.8 Å². The molecule has 2 atom stereocenters. The number of nitrogens with zero attached hydrogens (tertiary/aromatic N) is 2. The van der Waals surface area contributed by atoms with Gasteiger partial charge in [0.15, 0.2) is 5.16 Å². The average Bonchev–Trinajstić information content (AvgIpc) is 2.81. The number of ether oxygens (including phenoxy) is 1. The highest BCUT2D eigenvalue weighted by Crippen LogP contribution is 2.30. The maximum atomic E-state index is 11.6. The van der Waals surface area contributed by atoms with Crippen LogP contribution in [0, 0.1) is 0 Å². The van der Waals surface area contributed by atoms with Crippen LogP contribution in [0.15, 0.2) is 9.95 Å². The maximum absolute atomic E-state index is 11.6. The van der Waals surface area contributed by atoms with Crippen LogP contribution in [0.1, 0.15) is 33.1 Å². The van der Waals surface area contributed by atoms with E-state index in [9.17, 15) is 9.59 Å². The van der Waals surface area contributed by atoms with Crippen molar-refractivity contribution < 1.29 is 9.53 Å². The largest absolute Gasteiger partial charge is 0.462 e. The number of hydrogen-bond acceptors (Lipinski definition) is 5. The monoisotopic (exact) mass is 271 g/mol. The van der Waals surface area contributed by atoms with Crippen LogP contribution in [0.2, 0.25) is 0 Å². The Bertz CT molecular complexity index is 482. The zero-order chi connectivity index (χ0) is 13.1. The first-order chi connectivity index (χ1) is 8.61. The second kappa shape index (κ2) is 5.60. The highest BCUT2D eigenvalue weighted by molar-refractivity contribution is 8.00. The van der Waals surface area contributed by atoms with Crippen LogP contribution in [-0.2, 0) is 16.1 Å². The Morgan fingerprint density at radius 2 is 2.33 bits per heavy atom. The molecule has 0 aliphatic carbocycles. The summed E-state index contributed by atoms with van der Waals surface area (Å²) in [5, 5.41) is 6.72. The molecule has 0 aromatic carbocycles. The van der Waals surface area contributed by atoms with Crippen molar-refractivity contribution in [2.75, 3.05) is 0 Å². The zero-order valence-electron chi connectivity index (χ0n) is 10.5. The summed E-state index contributed by atoms with van der Waals surface area (Å²) in [6.45, 7) is 4.56. The number of rotatable bonds is 5. The van der Waals surface area contributed by atoms with E-state index in [1.807, 2.05) is 6.92 Å². The SMILES string of the molecule is CCCCn1c(SC2CC(C)OC2=O)n[nH]c1=O. The van der Waals surface area contributed by atoms with Crippen molar-refractivity contribution in [1.29, 1.82) is 0 Å². The molecule has 0 spiro atoms. The molecule has 100 valence electrons. The lowest BCUT2D eigenvalue weighted by molar-refractivity contribution is -0.140. The third kappa shape index (κ3) is 2.77. The summed E-state index contributed by atoms with van der Waals surface area (Å²) in [6.07, 6.45) is 2.53. The molecule has 18 heavy (non-hydrogen) atoms. The smallest absolute Gasteiger partial charge is 0.343 e. The number of cyclic esters (lactones) is 1. The minimum atomic E-state index is -0.254. The lowest BCUT2D eigenvalue weighted by Crippen LogP contribution is -2.19. The van der Waals surface area contributed by atoms with E-state index < -0.39 is 0 Å². The van der Waals surface area contributed by atoms with Crippen molar-refractivity contribution in [2.45, 2.75) is 56.2 Å². The number of carbonyl (C=O) groups excluding carboxylic acids is 1. The predicted octanol–water partition coefficient (Wildman–Crippen LogP) is 1.17. The fraction of sp³-hybridized carbons (Fsp3) is 0.727. The molecular weight excluding hydrogens is 254 g/mol. The molecule has 2 heterocycles. The van der Waals surface area contributed by atoms with E-state index in [2.05, 4.69) is 17.1 Å². The number of unbranched alkanes of at least 4 members (excludes halogenated alkanes) is 1. The molecule has 2 unspecified atom stereocenters. The fourth-order valence-electron chi connectivity index (χ4n) is 1.85. The topological polar surface area (TPSA) is 77.0 Å². The van der Waals surface area contributed by atoms with E-state index in [0.717, 1.165) is 12.8 Å². The van der Waals surface area contributed by atoms with Crippen molar-refractivity contribution in [3.8, 4) is 0 Å². The first-order valence-electron chi connectivity index (χ1n) is 6.14. The first-order valence-corrected chi connectivity index (χ1v) is 7.02. The minimum absolute atomic E-state index is 0.0512. The molecular formula is C11H17N3O3S. The number of carbonyl (C=O) groups is 1. The van der Waals surface area contributed by atoms with Gasteiger partial charge in [-0.25, -0.2) is 9.89 Å². The van der Waals surface area contributed by atoms with Crippen LogP contribution >= 0.6 is 11.8 Å². The van der Waals surface area contributed by atoms with E-state index in [4.69, 9.17) is 4.74 Å². The highest BCUT2D eigenvalue weighted by Gasteiger charge is 2.34. The summed E-state index contributed by atoms with van der Waals surface area (Å²) in [7, 11) is 0. The number of esters is 1. The van der Waals surface area contributed by atoms with Crippen LogP contribution < -0.4 is 5.69 Å². The van der Waals surface area contributed by atoms with Gasteiger partial charge in [0.1, 0.15) is 11.4 Å². The summed E-state index contributed by atoms with van der Waals surface area (Å²) in [4.78, 5) is 23.1. The van der Waals surface area contributed by atoms with Crippen molar-refractivity contribution >= 4 is 17.7 Å². The molecule has 0 amide bonds. The molecule has 1 fully saturated rings. The number of thioether (sulfide) groups is 1. The summed E-state index contributed by atoms with van der Waals surface area (Å²) in [5.41, 5.74) is -0.217. The Hall–Kier alpha value is -1.24. The van der Waals surface area contributed by atoms with Gasteiger partial charge in [-0.15, -0.1) is 5.10 Å². The number of H-pyrrole nitrogens is 1. The van der Waals surface area contributed by atoms with Crippen molar-refractivity contribution in [3.05, 3.63) is 10.5 Å². The summed E-state index contributed by atoms with van der Waals surface area (Å²) < 4.78 is 6.68. The molecule has 6 nitrogen and oxygen atoms in total. The first kappa shape index (κ1) is 13.2. The van der Waals surface area contributed by atoms with E-state index in [0.29, 0.717) is 18.1 Å².